The van der Waals surface area contributed by atoms with E-state index in [1.165, 1.54) is 38.8 Å². The summed E-state index contributed by atoms with van der Waals surface area (Å²) in [6.45, 7) is 6.33. The van der Waals surface area contributed by atoms with Crippen molar-refractivity contribution in [3.63, 3.8) is 0 Å². The quantitative estimate of drug-likeness (QED) is 0.354. The van der Waals surface area contributed by atoms with E-state index in [0.29, 0.717) is 23.8 Å². The average molecular weight is 407 g/mol. The Bertz CT molecular complexity index is 626. The Hall–Kier alpha value is -2.15. The van der Waals surface area contributed by atoms with Gasteiger partial charge in [0.2, 0.25) is 5.75 Å². The summed E-state index contributed by atoms with van der Waals surface area (Å²) in [5, 5.41) is 6.75. The van der Waals surface area contributed by atoms with Gasteiger partial charge in [-0.1, -0.05) is 6.42 Å². The van der Waals surface area contributed by atoms with Crippen LogP contribution in [0.2, 0.25) is 0 Å². The lowest BCUT2D eigenvalue weighted by Gasteiger charge is -2.33. The van der Waals surface area contributed by atoms with Gasteiger partial charge in [0.15, 0.2) is 17.5 Å². The lowest BCUT2D eigenvalue weighted by Crippen LogP contribution is -2.39. The monoisotopic (exact) mass is 406 g/mol. The van der Waals surface area contributed by atoms with E-state index in [0.717, 1.165) is 30.5 Å². The largest absolute Gasteiger partial charge is 0.493 e. The highest BCUT2D eigenvalue weighted by atomic mass is 16.5. The van der Waals surface area contributed by atoms with Crippen LogP contribution >= 0.6 is 0 Å². The second-order valence-electron chi connectivity index (χ2n) is 7.47. The number of nitrogens with zero attached hydrogens (tertiary/aromatic N) is 2. The average Bonchev–Trinajstić information content (AvgIpc) is 2.75. The maximum absolute atomic E-state index is 5.42. The Morgan fingerprint density at radius 3 is 2.38 bits per heavy atom. The maximum atomic E-state index is 5.42. The van der Waals surface area contributed by atoms with Crippen LogP contribution in [0.5, 0.6) is 17.2 Å². The van der Waals surface area contributed by atoms with Crippen molar-refractivity contribution in [3.05, 3.63) is 17.7 Å². The maximum Gasteiger partial charge on any atom is 0.203 e. The highest BCUT2D eigenvalue weighted by Gasteiger charge is 2.17. The predicted molar refractivity (Wildman–Crippen MR) is 118 cm³/mol. The molecule has 0 aromatic heterocycles. The van der Waals surface area contributed by atoms with Gasteiger partial charge in [0.05, 0.1) is 21.3 Å². The molecule has 1 aromatic rings. The minimum absolute atomic E-state index is 0.601. The summed E-state index contributed by atoms with van der Waals surface area (Å²) >= 11 is 0. The minimum atomic E-state index is 0.601. The molecule has 0 bridgehead atoms. The van der Waals surface area contributed by atoms with Crippen molar-refractivity contribution in [3.8, 4) is 17.2 Å². The summed E-state index contributed by atoms with van der Waals surface area (Å²) in [7, 11) is 6.65. The molecule has 1 atom stereocenters. The van der Waals surface area contributed by atoms with Crippen LogP contribution < -0.4 is 24.8 Å². The normalized spacial score (nSPS) is 17.7. The number of unbranched alkanes of at least 4 members (excludes halogenated alkanes) is 1. The lowest BCUT2D eigenvalue weighted by molar-refractivity contribution is 0.158. The number of methoxy groups -OCH3 is 3. The van der Waals surface area contributed by atoms with Crippen molar-refractivity contribution < 1.29 is 14.2 Å². The van der Waals surface area contributed by atoms with E-state index in [4.69, 9.17) is 14.2 Å². The van der Waals surface area contributed by atoms with Crippen LogP contribution in [0.1, 0.15) is 44.6 Å². The van der Waals surface area contributed by atoms with Crippen LogP contribution in [0.15, 0.2) is 17.1 Å². The van der Waals surface area contributed by atoms with E-state index in [-0.39, 0.29) is 0 Å². The van der Waals surface area contributed by atoms with Crippen LogP contribution in [-0.4, -0.2) is 64.9 Å². The van der Waals surface area contributed by atoms with E-state index in [1.54, 1.807) is 28.4 Å². The molecule has 2 rings (SSSR count). The molecule has 0 aliphatic carbocycles. The van der Waals surface area contributed by atoms with Crippen molar-refractivity contribution in [1.82, 2.24) is 15.5 Å². The fraction of sp³-hybridized carbons (Fsp3) is 0.682. The molecule has 1 aromatic carbocycles. The van der Waals surface area contributed by atoms with Gasteiger partial charge in [0.1, 0.15) is 0 Å². The molecule has 1 aliphatic heterocycles. The summed E-state index contributed by atoms with van der Waals surface area (Å²) in [6, 6.07) is 4.63. The van der Waals surface area contributed by atoms with Gasteiger partial charge >= 0.3 is 0 Å². The zero-order chi connectivity index (χ0) is 21.1. The second-order valence-corrected chi connectivity index (χ2v) is 7.47. The molecule has 0 spiro atoms. The van der Waals surface area contributed by atoms with Crippen molar-refractivity contribution in [2.45, 2.75) is 51.6 Å². The van der Waals surface area contributed by atoms with Gasteiger partial charge in [-0.15, -0.1) is 0 Å². The summed E-state index contributed by atoms with van der Waals surface area (Å²) < 4.78 is 16.2. The first kappa shape index (κ1) is 23.1. The van der Waals surface area contributed by atoms with E-state index < -0.39 is 0 Å². The summed E-state index contributed by atoms with van der Waals surface area (Å²) in [4.78, 5) is 6.94. The molecule has 29 heavy (non-hydrogen) atoms. The number of ether oxygens (including phenoxy) is 3. The van der Waals surface area contributed by atoms with Gasteiger partial charge in [-0.2, -0.15) is 0 Å². The third-order valence-electron chi connectivity index (χ3n) is 5.51. The molecule has 1 aliphatic rings. The number of hydrogen-bond donors (Lipinski definition) is 2. The molecule has 0 saturated carbocycles. The molecule has 7 nitrogen and oxygen atoms in total. The lowest BCUT2D eigenvalue weighted by atomic mass is 10.0. The first-order valence-electron chi connectivity index (χ1n) is 10.6. The number of aliphatic imine (C=N–C) groups is 1. The van der Waals surface area contributed by atoms with Gasteiger partial charge < -0.3 is 29.7 Å². The van der Waals surface area contributed by atoms with Gasteiger partial charge in [0.25, 0.3) is 0 Å². The van der Waals surface area contributed by atoms with Crippen LogP contribution in [0.25, 0.3) is 0 Å². The predicted octanol–water partition coefficient (Wildman–Crippen LogP) is 3.03. The number of rotatable bonds is 10. The number of nitrogens with one attached hydrogen (secondary N) is 2. The third kappa shape index (κ3) is 6.99. The van der Waals surface area contributed by atoms with Gasteiger partial charge in [-0.05, 0) is 63.4 Å². The van der Waals surface area contributed by atoms with Crippen molar-refractivity contribution in [2.24, 2.45) is 4.99 Å². The first-order valence-corrected chi connectivity index (χ1v) is 10.6. The highest BCUT2D eigenvalue weighted by Crippen LogP contribution is 2.38. The first-order chi connectivity index (χ1) is 14.1. The Morgan fingerprint density at radius 2 is 1.79 bits per heavy atom. The third-order valence-corrected chi connectivity index (χ3v) is 5.51. The summed E-state index contributed by atoms with van der Waals surface area (Å²) in [5.41, 5.74) is 1.03. The molecular formula is C22H38N4O3. The number of benzene rings is 1. The van der Waals surface area contributed by atoms with E-state index in [2.05, 4.69) is 27.4 Å². The molecular weight excluding hydrogens is 368 g/mol. The van der Waals surface area contributed by atoms with Crippen LogP contribution in [0.4, 0.5) is 0 Å². The second kappa shape index (κ2) is 12.4. The van der Waals surface area contributed by atoms with Crippen LogP contribution in [0, 0.1) is 0 Å². The SMILES string of the molecule is CN=C(NCCCCN1CCCCC1C)NCc1cc(OC)c(OC)c(OC)c1. The Balaban J connectivity index is 1.76. The molecule has 2 N–H and O–H groups in total. The number of guanidine groups is 1. The Labute approximate surface area is 175 Å². The van der Waals surface area contributed by atoms with Crippen molar-refractivity contribution >= 4 is 5.96 Å². The molecule has 0 amide bonds. The van der Waals surface area contributed by atoms with Gasteiger partial charge in [-0.25, -0.2) is 0 Å². The molecule has 1 fully saturated rings. The number of hydrogen-bond acceptors (Lipinski definition) is 5. The number of piperidine rings is 1. The number of likely N-dealkylation sites (tertiary alicyclic amines) is 1. The zero-order valence-electron chi connectivity index (χ0n) is 18.7. The molecule has 1 heterocycles. The van der Waals surface area contributed by atoms with Crippen LogP contribution in [0.3, 0.4) is 0 Å². The van der Waals surface area contributed by atoms with Gasteiger partial charge in [-0.3, -0.25) is 4.99 Å². The van der Waals surface area contributed by atoms with Crippen molar-refractivity contribution in [1.29, 1.82) is 0 Å². The summed E-state index contributed by atoms with van der Waals surface area (Å²) in [6.07, 6.45) is 6.41. The molecule has 7 heteroatoms. The topological polar surface area (TPSA) is 67.4 Å². The standard InChI is InChI=1S/C22H38N4O3/c1-17-10-6-8-12-26(17)13-9-7-11-24-22(23-2)25-16-18-14-19(27-3)21(29-5)20(15-18)28-4/h14-15,17H,6-13,16H2,1-5H3,(H2,23,24,25). The molecule has 164 valence electrons. The fourth-order valence-corrected chi connectivity index (χ4v) is 3.78. The fourth-order valence-electron chi connectivity index (χ4n) is 3.78. The van der Waals surface area contributed by atoms with E-state index in [1.807, 2.05) is 12.1 Å². The Morgan fingerprint density at radius 1 is 1.07 bits per heavy atom. The Kier molecular flexibility index (Phi) is 9.91. The molecule has 0 radical (unpaired) electrons. The smallest absolute Gasteiger partial charge is 0.203 e. The zero-order valence-corrected chi connectivity index (χ0v) is 18.7. The van der Waals surface area contributed by atoms with E-state index in [9.17, 15) is 0 Å². The minimum Gasteiger partial charge on any atom is -0.493 e. The molecule has 1 unspecified atom stereocenters. The van der Waals surface area contributed by atoms with Crippen molar-refractivity contribution in [2.75, 3.05) is 48.0 Å². The van der Waals surface area contributed by atoms with E-state index >= 15 is 0 Å². The highest BCUT2D eigenvalue weighted by molar-refractivity contribution is 5.79. The molecule has 1 saturated heterocycles. The summed E-state index contributed by atoms with van der Waals surface area (Å²) in [5.74, 6) is 2.70. The van der Waals surface area contributed by atoms with Crippen LogP contribution in [-0.2, 0) is 6.54 Å². The van der Waals surface area contributed by atoms with Gasteiger partial charge in [0, 0.05) is 26.2 Å².